The highest BCUT2D eigenvalue weighted by molar-refractivity contribution is 6.32. The number of amides is 1. The maximum Gasteiger partial charge on any atom is 0.270 e. The summed E-state index contributed by atoms with van der Waals surface area (Å²) >= 11 is 6.10. The van der Waals surface area contributed by atoms with Gasteiger partial charge in [0.2, 0.25) is 0 Å². The molecular weight excluding hydrogens is 348 g/mol. The fourth-order valence-electron chi connectivity index (χ4n) is 3.22. The summed E-state index contributed by atoms with van der Waals surface area (Å²) in [5.74, 6) is 0.645. The van der Waals surface area contributed by atoms with Crippen molar-refractivity contribution in [3.8, 4) is 5.75 Å². The molecule has 1 aromatic heterocycles. The minimum Gasteiger partial charge on any atom is -0.490 e. The molecule has 1 heterocycles. The average molecular weight is 371 g/mol. The molecule has 4 nitrogen and oxygen atoms in total. The largest absolute Gasteiger partial charge is 0.490 e. The van der Waals surface area contributed by atoms with Gasteiger partial charge in [-0.25, -0.2) is 0 Å². The molecule has 0 aliphatic heterocycles. The van der Waals surface area contributed by atoms with E-state index in [0.29, 0.717) is 36.2 Å². The van der Waals surface area contributed by atoms with Crippen molar-refractivity contribution in [2.24, 2.45) is 7.05 Å². The van der Waals surface area contributed by atoms with Gasteiger partial charge in [0.05, 0.1) is 17.1 Å². The zero-order valence-electron chi connectivity index (χ0n) is 15.3. The number of aromatic nitrogens is 1. The summed E-state index contributed by atoms with van der Waals surface area (Å²) in [6.07, 6.45) is 0. The Kier molecular flexibility index (Phi) is 5.52. The molecule has 1 amide bonds. The molecule has 0 bridgehead atoms. The Morgan fingerprint density at radius 3 is 2.65 bits per heavy atom. The molecule has 2 aromatic carbocycles. The number of ether oxygens (including phenoxy) is 1. The Hall–Kier alpha value is -2.46. The number of fused-ring (bicyclic) bond motifs is 1. The lowest BCUT2D eigenvalue weighted by atomic mass is 10.2. The fraction of sp³-hybridized carbons (Fsp3) is 0.286. The molecule has 0 atom stereocenters. The number of para-hydroxylation sites is 2. The van der Waals surface area contributed by atoms with E-state index < -0.39 is 0 Å². The molecule has 0 N–H and O–H groups in total. The van der Waals surface area contributed by atoms with Gasteiger partial charge >= 0.3 is 0 Å². The predicted molar refractivity (Wildman–Crippen MR) is 106 cm³/mol. The van der Waals surface area contributed by atoms with Crippen molar-refractivity contribution in [3.05, 3.63) is 64.8 Å². The van der Waals surface area contributed by atoms with Crippen LogP contribution in [0.25, 0.3) is 10.9 Å². The molecule has 26 heavy (non-hydrogen) atoms. The quantitative estimate of drug-likeness (QED) is 0.631. The summed E-state index contributed by atoms with van der Waals surface area (Å²) < 4.78 is 7.71. The van der Waals surface area contributed by atoms with E-state index in [1.165, 1.54) is 0 Å². The lowest BCUT2D eigenvalue weighted by Crippen LogP contribution is -2.35. The van der Waals surface area contributed by atoms with Crippen molar-refractivity contribution in [1.82, 2.24) is 9.47 Å². The third-order valence-corrected chi connectivity index (χ3v) is 4.91. The van der Waals surface area contributed by atoms with E-state index >= 15 is 0 Å². The van der Waals surface area contributed by atoms with Gasteiger partial charge in [0.1, 0.15) is 18.1 Å². The first-order valence-electron chi connectivity index (χ1n) is 8.74. The van der Waals surface area contributed by atoms with Crippen molar-refractivity contribution < 1.29 is 9.53 Å². The zero-order chi connectivity index (χ0) is 18.7. The van der Waals surface area contributed by atoms with E-state index in [-0.39, 0.29) is 5.91 Å². The number of benzene rings is 2. The maximum absolute atomic E-state index is 13.0. The molecule has 0 saturated heterocycles. The van der Waals surface area contributed by atoms with Gasteiger partial charge in [-0.05, 0) is 37.6 Å². The van der Waals surface area contributed by atoms with Gasteiger partial charge in [0.25, 0.3) is 5.91 Å². The number of carbonyl (C=O) groups excluding carboxylic acids is 1. The zero-order valence-corrected chi connectivity index (χ0v) is 16.1. The molecule has 136 valence electrons. The Bertz CT molecular complexity index is 933. The summed E-state index contributed by atoms with van der Waals surface area (Å²) in [6, 6.07) is 15.4. The predicted octanol–water partition coefficient (Wildman–Crippen LogP) is 4.68. The number of hydrogen-bond donors (Lipinski definition) is 0. The van der Waals surface area contributed by atoms with Crippen LogP contribution in [0.1, 0.15) is 23.0 Å². The van der Waals surface area contributed by atoms with Gasteiger partial charge in [0.15, 0.2) is 0 Å². The summed E-state index contributed by atoms with van der Waals surface area (Å²) in [5, 5.41) is 1.66. The van der Waals surface area contributed by atoms with Crippen LogP contribution in [0.4, 0.5) is 0 Å². The molecule has 0 spiro atoms. The Morgan fingerprint density at radius 1 is 1.19 bits per heavy atom. The molecule has 0 saturated carbocycles. The number of rotatable bonds is 6. The Labute approximate surface area is 158 Å². The summed E-state index contributed by atoms with van der Waals surface area (Å²) in [5.41, 5.74) is 2.95. The first kappa shape index (κ1) is 18.3. The van der Waals surface area contributed by atoms with Crippen molar-refractivity contribution in [3.63, 3.8) is 0 Å². The van der Waals surface area contributed by atoms with Crippen molar-refractivity contribution in [2.45, 2.75) is 13.8 Å². The highest BCUT2D eigenvalue weighted by Gasteiger charge is 2.19. The molecule has 0 aliphatic rings. The topological polar surface area (TPSA) is 34.5 Å². The van der Waals surface area contributed by atoms with E-state index in [2.05, 4.69) is 13.0 Å². The summed E-state index contributed by atoms with van der Waals surface area (Å²) in [7, 11) is 1.94. The lowest BCUT2D eigenvalue weighted by Gasteiger charge is -2.21. The molecule has 0 unspecified atom stereocenters. The Morgan fingerprint density at radius 2 is 1.96 bits per heavy atom. The second-order valence-corrected chi connectivity index (χ2v) is 6.67. The number of halogens is 1. The normalized spacial score (nSPS) is 10.9. The van der Waals surface area contributed by atoms with Gasteiger partial charge in [0, 0.05) is 19.0 Å². The van der Waals surface area contributed by atoms with Crippen LogP contribution in [-0.2, 0) is 7.05 Å². The van der Waals surface area contributed by atoms with E-state index in [1.807, 2.05) is 54.9 Å². The van der Waals surface area contributed by atoms with Crippen LogP contribution in [0.2, 0.25) is 5.02 Å². The second-order valence-electron chi connectivity index (χ2n) is 6.27. The van der Waals surface area contributed by atoms with Gasteiger partial charge in [-0.2, -0.15) is 0 Å². The highest BCUT2D eigenvalue weighted by atomic mass is 35.5. The number of hydrogen-bond acceptors (Lipinski definition) is 2. The van der Waals surface area contributed by atoms with Crippen molar-refractivity contribution in [2.75, 3.05) is 19.7 Å². The Balaban J connectivity index is 1.74. The monoisotopic (exact) mass is 370 g/mol. The molecular formula is C21H23ClN2O2. The second kappa shape index (κ2) is 7.83. The number of nitrogens with zero attached hydrogens (tertiary/aromatic N) is 2. The number of aryl methyl sites for hydroxylation is 2. The van der Waals surface area contributed by atoms with Crippen molar-refractivity contribution >= 4 is 28.4 Å². The van der Waals surface area contributed by atoms with E-state index in [0.717, 1.165) is 16.5 Å². The van der Waals surface area contributed by atoms with Crippen LogP contribution < -0.4 is 4.74 Å². The van der Waals surface area contributed by atoms with Gasteiger partial charge in [-0.1, -0.05) is 41.9 Å². The summed E-state index contributed by atoms with van der Waals surface area (Å²) in [4.78, 5) is 14.8. The molecule has 0 aliphatic carbocycles. The third-order valence-electron chi connectivity index (χ3n) is 4.60. The van der Waals surface area contributed by atoms with Crippen LogP contribution in [0.15, 0.2) is 48.5 Å². The minimum absolute atomic E-state index is 0.00774. The molecule has 0 radical (unpaired) electrons. The first-order chi connectivity index (χ1) is 12.5. The minimum atomic E-state index is 0.00774. The third kappa shape index (κ3) is 3.56. The van der Waals surface area contributed by atoms with Gasteiger partial charge in [-0.15, -0.1) is 0 Å². The molecule has 3 rings (SSSR count). The van der Waals surface area contributed by atoms with E-state index in [9.17, 15) is 4.79 Å². The average Bonchev–Trinajstić information content (AvgIpc) is 2.98. The van der Waals surface area contributed by atoms with E-state index in [1.54, 1.807) is 11.0 Å². The lowest BCUT2D eigenvalue weighted by molar-refractivity contribution is 0.0731. The van der Waals surface area contributed by atoms with Crippen LogP contribution in [0, 0.1) is 6.92 Å². The van der Waals surface area contributed by atoms with Gasteiger partial charge in [-0.3, -0.25) is 4.79 Å². The number of carbonyl (C=O) groups is 1. The SMILES string of the molecule is CCN(CCOc1ccccc1Cl)C(=O)c1cc2cccc(C)c2n1C. The van der Waals surface area contributed by atoms with Crippen LogP contribution >= 0.6 is 11.6 Å². The maximum atomic E-state index is 13.0. The molecule has 0 fully saturated rings. The fourth-order valence-corrected chi connectivity index (χ4v) is 3.41. The van der Waals surface area contributed by atoms with E-state index in [4.69, 9.17) is 16.3 Å². The first-order valence-corrected chi connectivity index (χ1v) is 9.12. The number of likely N-dealkylation sites (N-methyl/N-ethyl adjacent to an activating group) is 1. The summed E-state index contributed by atoms with van der Waals surface area (Å²) in [6.45, 7) is 5.55. The molecule has 3 aromatic rings. The standard InChI is InChI=1S/C21H23ClN2O2/c1-4-24(12-13-26-19-11-6-5-10-17(19)22)21(25)18-14-16-9-7-8-15(2)20(16)23(18)3/h5-11,14H,4,12-13H2,1-3H3. The van der Waals surface area contributed by atoms with Crippen LogP contribution in [0.5, 0.6) is 5.75 Å². The smallest absolute Gasteiger partial charge is 0.270 e. The van der Waals surface area contributed by atoms with Crippen LogP contribution in [-0.4, -0.2) is 35.1 Å². The van der Waals surface area contributed by atoms with Gasteiger partial charge < -0.3 is 14.2 Å². The van der Waals surface area contributed by atoms with Crippen LogP contribution in [0.3, 0.4) is 0 Å². The molecule has 5 heteroatoms. The highest BCUT2D eigenvalue weighted by Crippen LogP contribution is 2.24. The van der Waals surface area contributed by atoms with Crippen molar-refractivity contribution in [1.29, 1.82) is 0 Å².